The second-order valence-electron chi connectivity index (χ2n) is 3.22. The molecule has 0 amide bonds. The first-order valence-electron chi connectivity index (χ1n) is 4.22. The highest BCUT2D eigenvalue weighted by molar-refractivity contribution is 4.81. The zero-order valence-electron chi connectivity index (χ0n) is 7.21. The summed E-state index contributed by atoms with van der Waals surface area (Å²) < 4.78 is 5.37. The molecule has 0 aromatic carbocycles. The fraction of sp³-hybridized carbons (Fsp3) is 1.00. The van der Waals surface area contributed by atoms with E-state index in [4.69, 9.17) is 9.84 Å². The van der Waals surface area contributed by atoms with Crippen LogP contribution in [0.25, 0.3) is 0 Å². The molecule has 3 nitrogen and oxygen atoms in total. The van der Waals surface area contributed by atoms with Crippen LogP contribution in [0.5, 0.6) is 0 Å². The maximum Gasteiger partial charge on any atom is 0.0700 e. The average Bonchev–Trinajstić information content (AvgIpc) is 2.37. The molecule has 3 unspecified atom stereocenters. The summed E-state index contributed by atoms with van der Waals surface area (Å²) in [7, 11) is 0. The third-order valence-electron chi connectivity index (χ3n) is 2.15. The molecule has 2 N–H and O–H groups in total. The van der Waals surface area contributed by atoms with Crippen LogP contribution in [0.15, 0.2) is 0 Å². The van der Waals surface area contributed by atoms with Crippen molar-refractivity contribution >= 4 is 0 Å². The molecule has 0 bridgehead atoms. The van der Waals surface area contributed by atoms with Gasteiger partial charge in [-0.2, -0.15) is 0 Å². The third-order valence-corrected chi connectivity index (χ3v) is 2.15. The van der Waals surface area contributed by atoms with Crippen LogP contribution in [0.4, 0.5) is 0 Å². The molecule has 1 aliphatic rings. The first-order chi connectivity index (χ1) is 5.24. The van der Waals surface area contributed by atoms with E-state index in [0.29, 0.717) is 12.1 Å². The number of ether oxygens (including phenoxy) is 1. The molecule has 0 radical (unpaired) electrons. The summed E-state index contributed by atoms with van der Waals surface area (Å²) in [5.41, 5.74) is 0. The van der Waals surface area contributed by atoms with E-state index < -0.39 is 0 Å². The van der Waals surface area contributed by atoms with Crippen LogP contribution in [0.2, 0.25) is 0 Å². The Morgan fingerprint density at radius 1 is 1.73 bits per heavy atom. The van der Waals surface area contributed by atoms with E-state index in [1.165, 1.54) is 0 Å². The van der Waals surface area contributed by atoms with Gasteiger partial charge in [0.2, 0.25) is 0 Å². The lowest BCUT2D eigenvalue weighted by atomic mass is 10.1. The van der Waals surface area contributed by atoms with Crippen molar-refractivity contribution in [3.8, 4) is 0 Å². The molecule has 1 aliphatic heterocycles. The van der Waals surface area contributed by atoms with Crippen molar-refractivity contribution in [3.63, 3.8) is 0 Å². The molecule has 3 heteroatoms. The van der Waals surface area contributed by atoms with Crippen LogP contribution < -0.4 is 5.32 Å². The van der Waals surface area contributed by atoms with E-state index in [-0.39, 0.29) is 12.6 Å². The molecule has 1 rings (SSSR count). The van der Waals surface area contributed by atoms with Crippen molar-refractivity contribution in [2.24, 2.45) is 0 Å². The highest BCUT2D eigenvalue weighted by Crippen LogP contribution is 2.12. The van der Waals surface area contributed by atoms with E-state index in [9.17, 15) is 0 Å². The van der Waals surface area contributed by atoms with Crippen molar-refractivity contribution in [1.29, 1.82) is 0 Å². The van der Waals surface area contributed by atoms with Gasteiger partial charge < -0.3 is 15.2 Å². The molecular weight excluding hydrogens is 142 g/mol. The summed E-state index contributed by atoms with van der Waals surface area (Å²) in [4.78, 5) is 0. The maximum atomic E-state index is 8.78. The van der Waals surface area contributed by atoms with Gasteiger partial charge in [0.1, 0.15) is 0 Å². The lowest BCUT2D eigenvalue weighted by molar-refractivity contribution is 0.108. The molecule has 0 saturated carbocycles. The summed E-state index contributed by atoms with van der Waals surface area (Å²) in [6, 6.07) is 0.612. The van der Waals surface area contributed by atoms with E-state index in [1.807, 2.05) is 6.92 Å². The maximum absolute atomic E-state index is 8.78. The first kappa shape index (κ1) is 8.97. The van der Waals surface area contributed by atoms with Gasteiger partial charge in [-0.1, -0.05) is 0 Å². The molecular formula is C8H17NO2. The van der Waals surface area contributed by atoms with Crippen LogP contribution in [0, 0.1) is 0 Å². The van der Waals surface area contributed by atoms with Crippen LogP contribution in [0.1, 0.15) is 20.3 Å². The standard InChI is InChI=1S/C8H17NO2/c1-6(5-10)9-8-3-4-11-7(8)2/h6-10H,3-5H2,1-2H3. The van der Waals surface area contributed by atoms with Gasteiger partial charge in [0.05, 0.1) is 12.7 Å². The van der Waals surface area contributed by atoms with Crippen molar-refractivity contribution < 1.29 is 9.84 Å². The van der Waals surface area contributed by atoms with Gasteiger partial charge >= 0.3 is 0 Å². The smallest absolute Gasteiger partial charge is 0.0700 e. The van der Waals surface area contributed by atoms with E-state index >= 15 is 0 Å². The van der Waals surface area contributed by atoms with Gasteiger partial charge in [-0.15, -0.1) is 0 Å². The Kier molecular flexibility index (Phi) is 3.30. The Balaban J connectivity index is 2.24. The number of aliphatic hydroxyl groups is 1. The topological polar surface area (TPSA) is 41.5 Å². The summed E-state index contributed by atoms with van der Waals surface area (Å²) in [5, 5.41) is 12.1. The summed E-state index contributed by atoms with van der Waals surface area (Å²) in [6.07, 6.45) is 1.36. The zero-order valence-corrected chi connectivity index (χ0v) is 7.21. The van der Waals surface area contributed by atoms with Crippen LogP contribution in [-0.2, 0) is 4.74 Å². The SMILES string of the molecule is CC(CO)NC1CCOC1C. The van der Waals surface area contributed by atoms with E-state index in [0.717, 1.165) is 13.0 Å². The second-order valence-corrected chi connectivity index (χ2v) is 3.22. The fourth-order valence-corrected chi connectivity index (χ4v) is 1.37. The molecule has 0 aromatic rings. The van der Waals surface area contributed by atoms with Gasteiger partial charge in [-0.05, 0) is 20.3 Å². The number of hydrogen-bond donors (Lipinski definition) is 2. The Hall–Kier alpha value is -0.120. The molecule has 0 spiro atoms. The molecule has 1 fully saturated rings. The van der Waals surface area contributed by atoms with Crippen molar-refractivity contribution in [3.05, 3.63) is 0 Å². The number of nitrogens with one attached hydrogen (secondary N) is 1. The van der Waals surface area contributed by atoms with E-state index in [1.54, 1.807) is 0 Å². The molecule has 0 aliphatic carbocycles. The normalized spacial score (nSPS) is 34.1. The number of rotatable bonds is 3. The summed E-state index contributed by atoms with van der Waals surface area (Å²) in [5.74, 6) is 0. The lowest BCUT2D eigenvalue weighted by Gasteiger charge is -2.19. The highest BCUT2D eigenvalue weighted by Gasteiger charge is 2.24. The molecule has 1 heterocycles. The molecule has 66 valence electrons. The third kappa shape index (κ3) is 2.43. The monoisotopic (exact) mass is 159 g/mol. The number of hydrogen-bond acceptors (Lipinski definition) is 3. The predicted octanol–water partition coefficient (Wildman–Crippen LogP) is 0.134. The average molecular weight is 159 g/mol. The molecule has 11 heavy (non-hydrogen) atoms. The highest BCUT2D eigenvalue weighted by atomic mass is 16.5. The second kappa shape index (κ2) is 4.04. The van der Waals surface area contributed by atoms with Crippen LogP contribution in [-0.4, -0.2) is 36.5 Å². The first-order valence-corrected chi connectivity index (χ1v) is 4.22. The van der Waals surface area contributed by atoms with Crippen LogP contribution in [0.3, 0.4) is 0 Å². The molecule has 0 aromatic heterocycles. The lowest BCUT2D eigenvalue weighted by Crippen LogP contribution is -2.42. The molecule has 1 saturated heterocycles. The molecule has 3 atom stereocenters. The Labute approximate surface area is 67.7 Å². The number of aliphatic hydroxyl groups excluding tert-OH is 1. The zero-order chi connectivity index (χ0) is 8.27. The summed E-state index contributed by atoms with van der Waals surface area (Å²) >= 11 is 0. The minimum Gasteiger partial charge on any atom is -0.395 e. The van der Waals surface area contributed by atoms with Crippen molar-refractivity contribution in [1.82, 2.24) is 5.32 Å². The predicted molar refractivity (Wildman–Crippen MR) is 43.5 cm³/mol. The van der Waals surface area contributed by atoms with Gasteiger partial charge in [-0.3, -0.25) is 0 Å². The fourth-order valence-electron chi connectivity index (χ4n) is 1.37. The van der Waals surface area contributed by atoms with Crippen LogP contribution >= 0.6 is 0 Å². The van der Waals surface area contributed by atoms with Gasteiger partial charge in [0.25, 0.3) is 0 Å². The minimum absolute atomic E-state index is 0.184. The summed E-state index contributed by atoms with van der Waals surface area (Å²) in [6.45, 7) is 5.08. The van der Waals surface area contributed by atoms with Gasteiger partial charge in [0.15, 0.2) is 0 Å². The Morgan fingerprint density at radius 2 is 2.45 bits per heavy atom. The van der Waals surface area contributed by atoms with Crippen molar-refractivity contribution in [2.45, 2.75) is 38.5 Å². The Morgan fingerprint density at radius 3 is 2.91 bits per heavy atom. The van der Waals surface area contributed by atoms with Crippen molar-refractivity contribution in [2.75, 3.05) is 13.2 Å². The van der Waals surface area contributed by atoms with Gasteiger partial charge in [-0.25, -0.2) is 0 Å². The Bertz CT molecular complexity index is 119. The van der Waals surface area contributed by atoms with Gasteiger partial charge in [0, 0.05) is 18.7 Å². The minimum atomic E-state index is 0.184. The quantitative estimate of drug-likeness (QED) is 0.615. The van der Waals surface area contributed by atoms with E-state index in [2.05, 4.69) is 12.2 Å². The largest absolute Gasteiger partial charge is 0.395 e.